The molecular weight excluding hydrogens is 652 g/mol. The molecule has 47 heavy (non-hydrogen) atoms. The summed E-state index contributed by atoms with van der Waals surface area (Å²) in [6.07, 6.45) is -7.17. The highest BCUT2D eigenvalue weighted by atomic mass is 35.5. The lowest BCUT2D eigenvalue weighted by atomic mass is 9.84. The van der Waals surface area contributed by atoms with Gasteiger partial charge in [-0.3, -0.25) is 20.3 Å². The van der Waals surface area contributed by atoms with Gasteiger partial charge in [-0.05, 0) is 59.4 Å². The minimum atomic E-state index is -4.71. The van der Waals surface area contributed by atoms with Crippen LogP contribution in [0.2, 0.25) is 10.0 Å². The molecule has 2 aliphatic heterocycles. The zero-order valence-electron chi connectivity index (χ0n) is 26.9. The van der Waals surface area contributed by atoms with Crippen molar-refractivity contribution in [3.63, 3.8) is 0 Å². The van der Waals surface area contributed by atoms with Crippen LogP contribution in [0.15, 0.2) is 66.7 Å². The summed E-state index contributed by atoms with van der Waals surface area (Å²) in [7, 11) is 0. The van der Waals surface area contributed by atoms with E-state index in [1.807, 2.05) is 49.4 Å². The maximum atomic E-state index is 15.0. The Kier molecular flexibility index (Phi) is 10.5. The molecule has 3 aromatic carbocycles. The van der Waals surface area contributed by atoms with Gasteiger partial charge in [0.05, 0.1) is 18.7 Å². The van der Waals surface area contributed by atoms with E-state index in [2.05, 4.69) is 31.4 Å². The van der Waals surface area contributed by atoms with Crippen molar-refractivity contribution in [1.29, 1.82) is 0 Å². The Labute approximate surface area is 284 Å². The molecule has 5 rings (SSSR count). The van der Waals surface area contributed by atoms with Gasteiger partial charge < -0.3 is 14.7 Å². The first-order chi connectivity index (χ1) is 22.1. The summed E-state index contributed by atoms with van der Waals surface area (Å²) < 4.78 is 45.4. The second-order valence-corrected chi connectivity index (χ2v) is 14.0. The number of nitrogens with zero attached hydrogens (tertiary/aromatic N) is 2. The molecule has 0 radical (unpaired) electrons. The van der Waals surface area contributed by atoms with E-state index in [9.17, 15) is 23.1 Å². The first kappa shape index (κ1) is 35.4. The van der Waals surface area contributed by atoms with Crippen molar-refractivity contribution >= 4 is 29.1 Å². The molecule has 0 bridgehead atoms. The van der Waals surface area contributed by atoms with Gasteiger partial charge in [-0.1, -0.05) is 80.4 Å². The summed E-state index contributed by atoms with van der Waals surface area (Å²) >= 11 is 12.5. The first-order valence-corrected chi connectivity index (χ1v) is 16.5. The van der Waals surface area contributed by atoms with Gasteiger partial charge in [0.2, 0.25) is 0 Å². The van der Waals surface area contributed by atoms with Crippen molar-refractivity contribution in [2.75, 3.05) is 39.3 Å². The van der Waals surface area contributed by atoms with E-state index in [4.69, 9.17) is 27.9 Å². The van der Waals surface area contributed by atoms with E-state index in [-0.39, 0.29) is 37.5 Å². The number of halogens is 5. The molecule has 254 valence electrons. The number of hydrogen-bond acceptors (Lipinski definition) is 6. The Morgan fingerprint density at radius 3 is 1.87 bits per heavy atom. The van der Waals surface area contributed by atoms with Crippen LogP contribution >= 0.6 is 23.2 Å². The van der Waals surface area contributed by atoms with Crippen molar-refractivity contribution in [3.8, 4) is 5.75 Å². The highest BCUT2D eigenvalue weighted by Crippen LogP contribution is 2.45. The molecule has 2 unspecified atom stereocenters. The van der Waals surface area contributed by atoms with Crippen molar-refractivity contribution in [2.45, 2.75) is 63.1 Å². The molecule has 3 N–H and O–H groups in total. The topological polar surface area (TPSA) is 77.1 Å². The summed E-state index contributed by atoms with van der Waals surface area (Å²) in [4.78, 5) is 18.2. The number of ether oxygens (including phenoxy) is 1. The van der Waals surface area contributed by atoms with E-state index in [0.29, 0.717) is 28.0 Å². The van der Waals surface area contributed by atoms with E-state index < -0.39 is 36.6 Å². The second kappa shape index (κ2) is 13.9. The number of piperazine rings is 1. The molecular formula is C35H41Cl2F3N4O3. The molecule has 0 saturated carbocycles. The Morgan fingerprint density at radius 1 is 0.915 bits per heavy atom. The normalized spacial score (nSPS) is 23.1. The fourth-order valence-corrected chi connectivity index (χ4v) is 6.51. The van der Waals surface area contributed by atoms with Crippen LogP contribution in [0, 0.1) is 0 Å². The van der Waals surface area contributed by atoms with Crippen LogP contribution in [0.25, 0.3) is 0 Å². The molecule has 4 atom stereocenters. The molecule has 0 aromatic heterocycles. The average Bonchev–Trinajstić information content (AvgIpc) is 3.43. The summed E-state index contributed by atoms with van der Waals surface area (Å²) in [6.45, 7) is 8.73. The molecule has 0 aliphatic carbocycles. The number of nitrogens with one attached hydrogen (secondary N) is 2. The van der Waals surface area contributed by atoms with Gasteiger partial charge in [0, 0.05) is 48.3 Å². The van der Waals surface area contributed by atoms with Crippen molar-refractivity contribution in [1.82, 2.24) is 20.4 Å². The number of aliphatic hydroxyl groups is 1. The van der Waals surface area contributed by atoms with Gasteiger partial charge in [-0.2, -0.15) is 13.2 Å². The van der Waals surface area contributed by atoms with Crippen LogP contribution in [-0.4, -0.2) is 72.4 Å². The predicted octanol–water partition coefficient (Wildman–Crippen LogP) is 6.59. The third-order valence-corrected chi connectivity index (χ3v) is 9.38. The predicted molar refractivity (Wildman–Crippen MR) is 178 cm³/mol. The molecule has 1 amide bonds. The molecule has 2 saturated heterocycles. The quantitative estimate of drug-likeness (QED) is 0.248. The molecule has 2 heterocycles. The Balaban J connectivity index is 1.59. The molecule has 7 nitrogen and oxygen atoms in total. The number of alkyl halides is 3. The van der Waals surface area contributed by atoms with Crippen LogP contribution in [-0.2, 0) is 15.9 Å². The van der Waals surface area contributed by atoms with Crippen LogP contribution in [0.1, 0.15) is 62.0 Å². The van der Waals surface area contributed by atoms with E-state index >= 15 is 0 Å². The summed E-state index contributed by atoms with van der Waals surface area (Å²) in [5.41, 5.74) is 1.75. The Hall–Kier alpha value is -2.86. The van der Waals surface area contributed by atoms with Crippen molar-refractivity contribution in [2.24, 2.45) is 0 Å². The second-order valence-electron chi connectivity index (χ2n) is 13.1. The van der Waals surface area contributed by atoms with Crippen molar-refractivity contribution in [3.05, 3.63) is 99.0 Å². The molecule has 3 aromatic rings. The largest absolute Gasteiger partial charge is 0.493 e. The van der Waals surface area contributed by atoms with E-state index in [0.717, 1.165) is 16.7 Å². The highest BCUT2D eigenvalue weighted by Gasteiger charge is 2.54. The summed E-state index contributed by atoms with van der Waals surface area (Å²) in [6, 6.07) is 20.0. The van der Waals surface area contributed by atoms with Crippen LogP contribution in [0.5, 0.6) is 5.75 Å². The zero-order valence-corrected chi connectivity index (χ0v) is 28.4. The summed E-state index contributed by atoms with van der Waals surface area (Å²) in [5, 5.41) is 18.2. The summed E-state index contributed by atoms with van der Waals surface area (Å²) in [5.74, 6) is 0.264. The van der Waals surface area contributed by atoms with Gasteiger partial charge >= 0.3 is 6.18 Å². The highest BCUT2D eigenvalue weighted by molar-refractivity contribution is 6.30. The molecule has 0 spiro atoms. The lowest BCUT2D eigenvalue weighted by molar-refractivity contribution is -0.209. The number of β-amino-alcohol motifs (C(OH)–C–C–N with tert-alkyl or cyclic N) is 1. The molecule has 2 aliphatic rings. The van der Waals surface area contributed by atoms with Crippen LogP contribution < -0.4 is 15.4 Å². The number of rotatable bonds is 8. The van der Waals surface area contributed by atoms with Gasteiger partial charge in [0.25, 0.3) is 5.91 Å². The van der Waals surface area contributed by atoms with Gasteiger partial charge in [0.15, 0.2) is 11.8 Å². The van der Waals surface area contributed by atoms with Crippen LogP contribution in [0.3, 0.4) is 0 Å². The number of amides is 1. The maximum Gasteiger partial charge on any atom is 0.415 e. The number of benzene rings is 3. The van der Waals surface area contributed by atoms with Gasteiger partial charge in [-0.25, -0.2) is 0 Å². The number of carbonyl (C=O) groups excluding carboxylic acids is 1. The van der Waals surface area contributed by atoms with Crippen LogP contribution in [0.4, 0.5) is 13.2 Å². The Bertz CT molecular complexity index is 1490. The van der Waals surface area contributed by atoms with Gasteiger partial charge in [0.1, 0.15) is 5.75 Å². The number of hydrogen-bond donors (Lipinski definition) is 3. The van der Waals surface area contributed by atoms with Gasteiger partial charge in [-0.15, -0.1) is 0 Å². The lowest BCUT2D eigenvalue weighted by Crippen LogP contribution is -2.62. The molecule has 12 heteroatoms. The third kappa shape index (κ3) is 7.74. The maximum absolute atomic E-state index is 15.0. The third-order valence-electron chi connectivity index (χ3n) is 8.88. The van der Waals surface area contributed by atoms with E-state index in [1.165, 1.54) is 4.90 Å². The minimum absolute atomic E-state index is 0.176. The fraction of sp³-hybridized carbons (Fsp3) is 0.457. The number of aliphatic hydroxyl groups excluding tert-OH is 1. The monoisotopic (exact) mass is 692 g/mol. The zero-order chi connectivity index (χ0) is 34.1. The lowest BCUT2D eigenvalue weighted by Gasteiger charge is -2.41. The first-order valence-electron chi connectivity index (χ1n) is 15.7. The SMILES string of the molecule is CCOc1cc(C(C)(C)C)ccc1C1(C(=O)N2CCN(CC(O)C(F)(F)F)CC2)N[C@H](c2ccc(Cl)cc2)[C@H](c2ccc(Cl)cc2)N1. The Morgan fingerprint density at radius 2 is 1.43 bits per heavy atom. The molecule has 2 fully saturated rings. The van der Waals surface area contributed by atoms with Crippen molar-refractivity contribution < 1.29 is 27.8 Å². The minimum Gasteiger partial charge on any atom is -0.493 e. The fourth-order valence-electron chi connectivity index (χ4n) is 6.25. The average molecular weight is 694 g/mol. The smallest absolute Gasteiger partial charge is 0.415 e. The van der Waals surface area contributed by atoms with E-state index in [1.54, 1.807) is 29.2 Å². The number of carbonyl (C=O) groups is 1. The standard InChI is InChI=1S/C35H41Cl2F3N4O3/c1-5-47-28-20-24(33(2,3)4)10-15-27(28)34(32(46)44-18-16-43(17-19-44)21-29(45)35(38,39)40)41-30(22-6-11-25(36)12-7-22)31(42-34)23-8-13-26(37)14-9-23/h6-15,20,29-31,41-42,45H,5,16-19,21H2,1-4H3/t29?,30-,31+,34?.